The van der Waals surface area contributed by atoms with Crippen LogP contribution in [-0.4, -0.2) is 20.2 Å². The van der Waals surface area contributed by atoms with E-state index in [2.05, 4.69) is 54.2 Å². The summed E-state index contributed by atoms with van der Waals surface area (Å²) >= 11 is 3.63. The molecular formula is C16H26BrNO. The average molecular weight is 328 g/mol. The predicted molar refractivity (Wildman–Crippen MR) is 86.0 cm³/mol. The van der Waals surface area contributed by atoms with Crippen LogP contribution in [0.1, 0.15) is 39.2 Å². The maximum absolute atomic E-state index is 5.30. The summed E-state index contributed by atoms with van der Waals surface area (Å²) in [6.07, 6.45) is 3.43. The van der Waals surface area contributed by atoms with Crippen molar-refractivity contribution in [2.45, 2.75) is 40.0 Å². The normalized spacial score (nSPS) is 11.6. The summed E-state index contributed by atoms with van der Waals surface area (Å²) in [6, 6.07) is 6.19. The first-order valence-electron chi connectivity index (χ1n) is 7.01. The van der Waals surface area contributed by atoms with Crippen LogP contribution >= 0.6 is 15.9 Å². The van der Waals surface area contributed by atoms with E-state index in [4.69, 9.17) is 4.74 Å². The van der Waals surface area contributed by atoms with Crippen molar-refractivity contribution in [2.75, 3.05) is 20.2 Å². The molecule has 0 aliphatic carbocycles. The zero-order valence-electron chi connectivity index (χ0n) is 12.6. The molecule has 108 valence electrons. The van der Waals surface area contributed by atoms with Gasteiger partial charge in [-0.2, -0.15) is 0 Å². The van der Waals surface area contributed by atoms with Crippen molar-refractivity contribution in [3.63, 3.8) is 0 Å². The van der Waals surface area contributed by atoms with E-state index in [0.29, 0.717) is 0 Å². The van der Waals surface area contributed by atoms with Gasteiger partial charge in [-0.3, -0.25) is 0 Å². The lowest BCUT2D eigenvalue weighted by atomic mass is 9.82. The van der Waals surface area contributed by atoms with Gasteiger partial charge in [0.05, 0.1) is 7.11 Å². The van der Waals surface area contributed by atoms with Gasteiger partial charge in [-0.15, -0.1) is 0 Å². The number of hydrogen-bond donors (Lipinski definition) is 1. The first-order valence-corrected chi connectivity index (χ1v) is 7.81. The van der Waals surface area contributed by atoms with E-state index in [1.54, 1.807) is 7.11 Å². The van der Waals surface area contributed by atoms with Crippen molar-refractivity contribution >= 4 is 15.9 Å². The molecule has 0 bridgehead atoms. The Balaban J connectivity index is 2.61. The summed E-state index contributed by atoms with van der Waals surface area (Å²) in [4.78, 5) is 0. The molecule has 1 N–H and O–H groups in total. The second-order valence-electron chi connectivity index (χ2n) is 5.80. The Morgan fingerprint density at radius 3 is 2.63 bits per heavy atom. The second kappa shape index (κ2) is 7.91. The van der Waals surface area contributed by atoms with Crippen LogP contribution in [0.2, 0.25) is 0 Å². The van der Waals surface area contributed by atoms with Gasteiger partial charge in [0, 0.05) is 4.47 Å². The van der Waals surface area contributed by atoms with Crippen LogP contribution in [0, 0.1) is 5.41 Å². The van der Waals surface area contributed by atoms with Crippen molar-refractivity contribution in [2.24, 2.45) is 5.41 Å². The third-order valence-corrected chi connectivity index (χ3v) is 4.10. The van der Waals surface area contributed by atoms with Gasteiger partial charge >= 0.3 is 0 Å². The smallest absolute Gasteiger partial charge is 0.119 e. The Labute approximate surface area is 126 Å². The molecular weight excluding hydrogens is 302 g/mol. The number of rotatable bonds is 8. The minimum atomic E-state index is 0.287. The van der Waals surface area contributed by atoms with E-state index in [9.17, 15) is 0 Å². The van der Waals surface area contributed by atoms with Crippen molar-refractivity contribution in [1.82, 2.24) is 5.32 Å². The number of ether oxygens (including phenoxy) is 1. The van der Waals surface area contributed by atoms with Gasteiger partial charge in [-0.25, -0.2) is 0 Å². The summed E-state index contributed by atoms with van der Waals surface area (Å²) in [7, 11) is 1.72. The molecule has 1 aromatic carbocycles. The first-order chi connectivity index (χ1) is 8.98. The lowest BCUT2D eigenvalue weighted by Gasteiger charge is -2.25. The summed E-state index contributed by atoms with van der Waals surface area (Å²) in [5.41, 5.74) is 1.61. The van der Waals surface area contributed by atoms with E-state index >= 15 is 0 Å². The van der Waals surface area contributed by atoms with Gasteiger partial charge in [-0.05, 0) is 61.5 Å². The van der Waals surface area contributed by atoms with E-state index in [-0.39, 0.29) is 5.41 Å². The molecule has 0 aliphatic heterocycles. The number of methoxy groups -OCH3 is 1. The molecule has 0 amide bonds. The molecule has 0 saturated carbocycles. The fourth-order valence-corrected chi connectivity index (χ4v) is 2.53. The minimum Gasteiger partial charge on any atom is -0.497 e. The van der Waals surface area contributed by atoms with Crippen molar-refractivity contribution in [1.29, 1.82) is 0 Å². The van der Waals surface area contributed by atoms with Gasteiger partial charge in [0.25, 0.3) is 0 Å². The van der Waals surface area contributed by atoms with Gasteiger partial charge in [-0.1, -0.05) is 36.7 Å². The maximum Gasteiger partial charge on any atom is 0.119 e. The monoisotopic (exact) mass is 327 g/mol. The molecule has 0 aliphatic rings. The highest BCUT2D eigenvalue weighted by Crippen LogP contribution is 2.31. The zero-order chi connectivity index (χ0) is 14.3. The number of hydrogen-bond acceptors (Lipinski definition) is 2. The summed E-state index contributed by atoms with van der Waals surface area (Å²) in [6.45, 7) is 9.05. The summed E-state index contributed by atoms with van der Waals surface area (Å²) in [5, 5.41) is 3.48. The predicted octanol–water partition coefficient (Wildman–Crippen LogP) is 4.42. The maximum atomic E-state index is 5.30. The van der Waals surface area contributed by atoms with Gasteiger partial charge in [0.2, 0.25) is 0 Å². The third-order valence-electron chi connectivity index (χ3n) is 3.33. The lowest BCUT2D eigenvalue weighted by molar-refractivity contribution is 0.324. The lowest BCUT2D eigenvalue weighted by Crippen LogP contribution is -2.24. The average Bonchev–Trinajstić information content (AvgIpc) is 2.37. The quantitative estimate of drug-likeness (QED) is 0.714. The molecule has 0 spiro atoms. The molecule has 1 rings (SSSR count). The topological polar surface area (TPSA) is 21.3 Å². The highest BCUT2D eigenvalue weighted by atomic mass is 79.9. The summed E-state index contributed by atoms with van der Waals surface area (Å²) < 4.78 is 6.47. The van der Waals surface area contributed by atoms with E-state index in [1.807, 2.05) is 6.07 Å². The van der Waals surface area contributed by atoms with Gasteiger partial charge in [0.1, 0.15) is 5.75 Å². The number of halogens is 1. The molecule has 0 heterocycles. The summed E-state index contributed by atoms with van der Waals surface area (Å²) in [5.74, 6) is 0.929. The van der Waals surface area contributed by atoms with E-state index in [1.165, 1.54) is 22.9 Å². The highest BCUT2D eigenvalue weighted by Gasteiger charge is 2.19. The van der Waals surface area contributed by atoms with Crippen molar-refractivity contribution in [3.8, 4) is 5.75 Å². The Hall–Kier alpha value is -0.540. The van der Waals surface area contributed by atoms with Crippen LogP contribution in [0.5, 0.6) is 5.75 Å². The molecule has 1 aromatic rings. The van der Waals surface area contributed by atoms with Crippen LogP contribution in [0.25, 0.3) is 0 Å². The van der Waals surface area contributed by atoms with Gasteiger partial charge in [0.15, 0.2) is 0 Å². The molecule has 0 atom stereocenters. The molecule has 2 nitrogen and oxygen atoms in total. The third kappa shape index (κ3) is 5.96. The minimum absolute atomic E-state index is 0.287. The highest BCUT2D eigenvalue weighted by molar-refractivity contribution is 9.10. The Morgan fingerprint density at radius 2 is 2.00 bits per heavy atom. The van der Waals surface area contributed by atoms with E-state index in [0.717, 1.165) is 25.3 Å². The van der Waals surface area contributed by atoms with Crippen molar-refractivity contribution < 1.29 is 4.74 Å². The Bertz CT molecular complexity index is 390. The largest absolute Gasteiger partial charge is 0.497 e. The van der Waals surface area contributed by atoms with Crippen LogP contribution < -0.4 is 10.1 Å². The Morgan fingerprint density at radius 1 is 1.26 bits per heavy atom. The SMILES string of the molecule is CCCNCCC(C)(C)Cc1cc(OC)ccc1Br. The van der Waals surface area contributed by atoms with Crippen molar-refractivity contribution in [3.05, 3.63) is 28.2 Å². The molecule has 0 radical (unpaired) electrons. The van der Waals surface area contributed by atoms with Gasteiger partial charge < -0.3 is 10.1 Å². The molecule has 19 heavy (non-hydrogen) atoms. The molecule has 0 aromatic heterocycles. The van der Waals surface area contributed by atoms with E-state index < -0.39 is 0 Å². The number of nitrogens with one attached hydrogen (secondary N) is 1. The fraction of sp³-hybridized carbons (Fsp3) is 0.625. The molecule has 0 saturated heterocycles. The van der Waals surface area contributed by atoms with Crippen LogP contribution in [0.4, 0.5) is 0 Å². The number of benzene rings is 1. The Kier molecular flexibility index (Phi) is 6.87. The molecule has 3 heteroatoms. The molecule has 0 unspecified atom stereocenters. The van der Waals surface area contributed by atoms with Crippen LogP contribution in [-0.2, 0) is 6.42 Å². The van der Waals surface area contributed by atoms with Crippen LogP contribution in [0.3, 0.4) is 0 Å². The zero-order valence-corrected chi connectivity index (χ0v) is 14.1. The second-order valence-corrected chi connectivity index (χ2v) is 6.65. The van der Waals surface area contributed by atoms with Crippen LogP contribution in [0.15, 0.2) is 22.7 Å². The standard InChI is InChI=1S/C16H26BrNO/c1-5-9-18-10-8-16(2,3)12-13-11-14(19-4)6-7-15(13)17/h6-7,11,18H,5,8-10,12H2,1-4H3. The first kappa shape index (κ1) is 16.5. The fourth-order valence-electron chi connectivity index (χ4n) is 2.15. The molecule has 0 fully saturated rings.